The van der Waals surface area contributed by atoms with Crippen molar-refractivity contribution in [3.8, 4) is 0 Å². The lowest BCUT2D eigenvalue weighted by atomic mass is 10.0. The van der Waals surface area contributed by atoms with E-state index in [9.17, 15) is 20.1 Å². The summed E-state index contributed by atoms with van der Waals surface area (Å²) in [6.45, 7) is 4.18. The van der Waals surface area contributed by atoms with Crippen molar-refractivity contribution in [1.82, 2.24) is 5.32 Å². The SMILES string of the molecule is CCCCCCCCCCCCC/C=C/C(O)C(CO)NC(=O)C(O)CCCCCCCCCCCCCCCCCCCC. The fourth-order valence-electron chi connectivity index (χ4n) is 6.18. The first-order chi connectivity index (χ1) is 22.1. The number of hydrogen-bond acceptors (Lipinski definition) is 4. The van der Waals surface area contributed by atoms with E-state index >= 15 is 0 Å². The third kappa shape index (κ3) is 31.5. The van der Waals surface area contributed by atoms with Crippen LogP contribution >= 0.6 is 0 Å². The first kappa shape index (κ1) is 44.1. The van der Waals surface area contributed by atoms with Gasteiger partial charge in [0.15, 0.2) is 0 Å². The van der Waals surface area contributed by atoms with Gasteiger partial charge in [0.05, 0.1) is 18.8 Å². The Morgan fingerprint density at radius 1 is 0.533 bits per heavy atom. The van der Waals surface area contributed by atoms with Gasteiger partial charge in [0.1, 0.15) is 6.10 Å². The van der Waals surface area contributed by atoms with E-state index in [2.05, 4.69) is 19.2 Å². The number of allylic oxidation sites excluding steroid dienone is 1. The highest BCUT2D eigenvalue weighted by molar-refractivity contribution is 5.80. The summed E-state index contributed by atoms with van der Waals surface area (Å²) < 4.78 is 0. The minimum atomic E-state index is -1.09. The molecule has 0 saturated heterocycles. The molecule has 0 radical (unpaired) electrons. The summed E-state index contributed by atoms with van der Waals surface area (Å²) in [4.78, 5) is 12.4. The molecule has 0 saturated carbocycles. The Morgan fingerprint density at radius 3 is 1.22 bits per heavy atom. The van der Waals surface area contributed by atoms with Crippen LogP contribution in [0.25, 0.3) is 0 Å². The Labute approximate surface area is 280 Å². The molecule has 5 heteroatoms. The smallest absolute Gasteiger partial charge is 0.249 e. The zero-order valence-corrected chi connectivity index (χ0v) is 30.3. The van der Waals surface area contributed by atoms with Gasteiger partial charge in [-0.3, -0.25) is 4.79 Å². The highest BCUT2D eigenvalue weighted by Crippen LogP contribution is 2.16. The summed E-state index contributed by atoms with van der Waals surface area (Å²) in [5.41, 5.74) is 0. The summed E-state index contributed by atoms with van der Waals surface area (Å²) >= 11 is 0. The van der Waals surface area contributed by atoms with Crippen molar-refractivity contribution in [1.29, 1.82) is 0 Å². The monoisotopic (exact) mass is 638 g/mol. The number of carbonyl (C=O) groups excluding carboxylic acids is 1. The number of aliphatic hydroxyl groups is 3. The van der Waals surface area contributed by atoms with E-state index < -0.39 is 24.2 Å². The van der Waals surface area contributed by atoms with Crippen LogP contribution in [0.2, 0.25) is 0 Å². The van der Waals surface area contributed by atoms with Gasteiger partial charge in [-0.2, -0.15) is 0 Å². The molecule has 0 rings (SSSR count). The normalized spacial score (nSPS) is 13.8. The number of hydrogen-bond donors (Lipinski definition) is 4. The lowest BCUT2D eigenvalue weighted by Gasteiger charge is -2.21. The third-order valence-corrected chi connectivity index (χ3v) is 9.38. The minimum Gasteiger partial charge on any atom is -0.394 e. The Bertz CT molecular complexity index is 625. The van der Waals surface area contributed by atoms with Crippen molar-refractivity contribution in [3.63, 3.8) is 0 Å². The van der Waals surface area contributed by atoms with Gasteiger partial charge < -0.3 is 20.6 Å². The van der Waals surface area contributed by atoms with Crippen LogP contribution in [0.15, 0.2) is 12.2 Å². The second-order valence-electron chi connectivity index (χ2n) is 13.9. The maximum atomic E-state index is 12.4. The van der Waals surface area contributed by atoms with Crippen molar-refractivity contribution >= 4 is 5.91 Å². The molecule has 1 amide bonds. The predicted octanol–water partition coefficient (Wildman–Crippen LogP) is 10.9. The first-order valence-corrected chi connectivity index (χ1v) is 20.0. The van der Waals surface area contributed by atoms with Crippen LogP contribution in [0.3, 0.4) is 0 Å². The van der Waals surface area contributed by atoms with E-state index in [1.165, 1.54) is 161 Å². The molecule has 0 bridgehead atoms. The Balaban J connectivity index is 3.67. The average molecular weight is 638 g/mol. The molecule has 45 heavy (non-hydrogen) atoms. The molecule has 5 nitrogen and oxygen atoms in total. The number of unbranched alkanes of at least 4 members (excludes halogenated alkanes) is 28. The predicted molar refractivity (Wildman–Crippen MR) is 195 cm³/mol. The van der Waals surface area contributed by atoms with Crippen LogP contribution in [0, 0.1) is 0 Å². The molecule has 0 heterocycles. The number of carbonyl (C=O) groups is 1. The van der Waals surface area contributed by atoms with E-state index in [4.69, 9.17) is 0 Å². The standard InChI is InChI=1S/C40H79NO4/c1-3-5-7-9-11-13-15-17-18-19-20-21-23-25-27-29-31-33-35-39(44)40(45)41-37(36-42)38(43)34-32-30-28-26-24-22-16-14-12-10-8-6-4-2/h32,34,37-39,42-44H,3-31,33,35-36H2,1-2H3,(H,41,45)/b34-32+. The van der Waals surface area contributed by atoms with Crippen molar-refractivity contribution in [2.75, 3.05) is 6.61 Å². The molecule has 0 aromatic carbocycles. The number of amides is 1. The van der Waals surface area contributed by atoms with Crippen LogP contribution in [-0.2, 0) is 4.79 Å². The van der Waals surface area contributed by atoms with Crippen LogP contribution < -0.4 is 5.32 Å². The first-order valence-electron chi connectivity index (χ1n) is 20.0. The molecule has 0 fully saturated rings. The summed E-state index contributed by atoms with van der Waals surface area (Å²) in [6.07, 6.45) is 40.9. The van der Waals surface area contributed by atoms with Gasteiger partial charge in [0.2, 0.25) is 5.91 Å². The molecule has 268 valence electrons. The molecule has 0 aromatic rings. The fourth-order valence-corrected chi connectivity index (χ4v) is 6.18. The molecular formula is C40H79NO4. The van der Waals surface area contributed by atoms with Crippen LogP contribution in [-0.4, -0.2) is 46.1 Å². The zero-order chi connectivity index (χ0) is 33.1. The summed E-state index contributed by atoms with van der Waals surface area (Å²) in [5.74, 6) is -0.501. The summed E-state index contributed by atoms with van der Waals surface area (Å²) in [7, 11) is 0. The molecular weight excluding hydrogens is 558 g/mol. The zero-order valence-electron chi connectivity index (χ0n) is 30.3. The Hall–Kier alpha value is -0.910. The maximum absolute atomic E-state index is 12.4. The second kappa shape index (κ2) is 35.9. The van der Waals surface area contributed by atoms with Crippen molar-refractivity contribution in [3.05, 3.63) is 12.2 Å². The second-order valence-corrected chi connectivity index (χ2v) is 13.9. The minimum absolute atomic E-state index is 0.360. The topological polar surface area (TPSA) is 89.8 Å². The van der Waals surface area contributed by atoms with E-state index in [-0.39, 0.29) is 6.61 Å². The van der Waals surface area contributed by atoms with E-state index in [1.807, 2.05) is 6.08 Å². The molecule has 3 unspecified atom stereocenters. The molecule has 0 aliphatic rings. The van der Waals surface area contributed by atoms with Gasteiger partial charge in [-0.05, 0) is 19.3 Å². The van der Waals surface area contributed by atoms with Crippen molar-refractivity contribution in [2.45, 2.75) is 231 Å². The largest absolute Gasteiger partial charge is 0.394 e. The Morgan fingerprint density at radius 2 is 0.867 bits per heavy atom. The molecule has 0 aliphatic carbocycles. The maximum Gasteiger partial charge on any atom is 0.249 e. The van der Waals surface area contributed by atoms with Crippen LogP contribution in [0.4, 0.5) is 0 Å². The number of aliphatic hydroxyl groups excluding tert-OH is 3. The van der Waals surface area contributed by atoms with Gasteiger partial charge in [-0.1, -0.05) is 206 Å². The number of nitrogens with one attached hydrogen (secondary N) is 1. The molecule has 0 aromatic heterocycles. The van der Waals surface area contributed by atoms with Gasteiger partial charge >= 0.3 is 0 Å². The molecule has 0 aliphatic heterocycles. The van der Waals surface area contributed by atoms with E-state index in [1.54, 1.807) is 6.08 Å². The van der Waals surface area contributed by atoms with Crippen LogP contribution in [0.1, 0.15) is 213 Å². The van der Waals surface area contributed by atoms with Gasteiger partial charge in [-0.15, -0.1) is 0 Å². The van der Waals surface area contributed by atoms with Crippen LogP contribution in [0.5, 0.6) is 0 Å². The van der Waals surface area contributed by atoms with Gasteiger partial charge in [-0.25, -0.2) is 0 Å². The number of rotatable bonds is 36. The lowest BCUT2D eigenvalue weighted by Crippen LogP contribution is -2.48. The van der Waals surface area contributed by atoms with E-state index in [0.29, 0.717) is 6.42 Å². The third-order valence-electron chi connectivity index (χ3n) is 9.38. The highest BCUT2D eigenvalue weighted by Gasteiger charge is 2.22. The molecule has 4 N–H and O–H groups in total. The molecule has 0 spiro atoms. The fraction of sp³-hybridized carbons (Fsp3) is 0.925. The lowest BCUT2D eigenvalue weighted by molar-refractivity contribution is -0.131. The quantitative estimate of drug-likeness (QED) is 0.0406. The van der Waals surface area contributed by atoms with Crippen molar-refractivity contribution < 1.29 is 20.1 Å². The highest BCUT2D eigenvalue weighted by atomic mass is 16.3. The summed E-state index contributed by atoms with van der Waals surface area (Å²) in [5, 5.41) is 33.0. The van der Waals surface area contributed by atoms with E-state index in [0.717, 1.165) is 32.1 Å². The Kier molecular flexibility index (Phi) is 35.2. The van der Waals surface area contributed by atoms with Gasteiger partial charge in [0.25, 0.3) is 0 Å². The van der Waals surface area contributed by atoms with Gasteiger partial charge in [0, 0.05) is 0 Å². The van der Waals surface area contributed by atoms with Crippen molar-refractivity contribution in [2.24, 2.45) is 0 Å². The molecule has 3 atom stereocenters. The summed E-state index contributed by atoms with van der Waals surface area (Å²) in [6, 6.07) is -0.791. The average Bonchev–Trinajstić information content (AvgIpc) is 3.04.